The fourth-order valence-electron chi connectivity index (χ4n) is 3.31. The summed E-state index contributed by atoms with van der Waals surface area (Å²) in [5, 5.41) is 0. The second-order valence-corrected chi connectivity index (χ2v) is 5.29. The number of nitrogens with zero attached hydrogens (tertiary/aromatic N) is 2. The molecule has 1 aromatic heterocycles. The van der Waals surface area contributed by atoms with Crippen molar-refractivity contribution in [3.05, 3.63) is 30.1 Å². The molecule has 0 aromatic carbocycles. The van der Waals surface area contributed by atoms with Gasteiger partial charge in [0.25, 0.3) is 0 Å². The fourth-order valence-corrected chi connectivity index (χ4v) is 3.31. The van der Waals surface area contributed by atoms with Crippen LogP contribution in [0.15, 0.2) is 24.5 Å². The molecule has 2 fully saturated rings. The van der Waals surface area contributed by atoms with Crippen LogP contribution >= 0.6 is 0 Å². The van der Waals surface area contributed by atoms with Crippen molar-refractivity contribution < 1.29 is 4.74 Å². The molecule has 0 aliphatic carbocycles. The van der Waals surface area contributed by atoms with E-state index in [4.69, 9.17) is 4.74 Å². The zero-order chi connectivity index (χ0) is 12.4. The second kappa shape index (κ2) is 4.73. The molecule has 3 rings (SSSR count). The van der Waals surface area contributed by atoms with E-state index in [0.717, 1.165) is 11.3 Å². The average Bonchev–Trinajstić information content (AvgIpc) is 2.96. The van der Waals surface area contributed by atoms with E-state index in [-0.39, 0.29) is 0 Å². The van der Waals surface area contributed by atoms with Gasteiger partial charge in [-0.2, -0.15) is 0 Å². The lowest BCUT2D eigenvalue weighted by molar-refractivity contribution is 0.251. The van der Waals surface area contributed by atoms with Crippen molar-refractivity contribution in [3.63, 3.8) is 0 Å². The van der Waals surface area contributed by atoms with Crippen LogP contribution in [0, 0.1) is 0 Å². The number of rotatable bonds is 3. The molecule has 0 spiro atoms. The van der Waals surface area contributed by atoms with Gasteiger partial charge in [-0.05, 0) is 50.4 Å². The van der Waals surface area contributed by atoms with Gasteiger partial charge in [0.15, 0.2) is 0 Å². The van der Waals surface area contributed by atoms with Gasteiger partial charge in [0.2, 0.25) is 0 Å². The van der Waals surface area contributed by atoms with E-state index in [1.165, 1.54) is 38.8 Å². The predicted molar refractivity (Wildman–Crippen MR) is 72.6 cm³/mol. The van der Waals surface area contributed by atoms with Crippen LogP contribution in [0.1, 0.15) is 31.2 Å². The minimum Gasteiger partial charge on any atom is -0.495 e. The normalized spacial score (nSPS) is 22.5. The quantitative estimate of drug-likeness (QED) is 0.817. The molecule has 2 saturated heterocycles. The summed E-state index contributed by atoms with van der Waals surface area (Å²) in [6.07, 6.45) is 13.5. The number of methoxy groups -OCH3 is 1. The Morgan fingerprint density at radius 2 is 2.06 bits per heavy atom. The van der Waals surface area contributed by atoms with Gasteiger partial charge in [0.1, 0.15) is 5.75 Å². The molecular formula is C15H20N2O. The number of fused-ring (bicyclic) bond motifs is 1. The van der Waals surface area contributed by atoms with Gasteiger partial charge in [-0.15, -0.1) is 0 Å². The smallest absolute Gasteiger partial charge is 0.137 e. The lowest BCUT2D eigenvalue weighted by Gasteiger charge is -2.28. The molecular weight excluding hydrogens is 224 g/mol. The lowest BCUT2D eigenvalue weighted by Crippen LogP contribution is -2.35. The molecule has 2 aliphatic heterocycles. The van der Waals surface area contributed by atoms with Gasteiger partial charge in [-0.25, -0.2) is 0 Å². The van der Waals surface area contributed by atoms with Crippen LogP contribution in [-0.2, 0) is 0 Å². The largest absolute Gasteiger partial charge is 0.495 e. The molecule has 2 aliphatic rings. The summed E-state index contributed by atoms with van der Waals surface area (Å²) in [5.41, 5.74) is 1.46. The van der Waals surface area contributed by atoms with Gasteiger partial charge in [0, 0.05) is 11.7 Å². The number of hydrogen-bond donors (Lipinski definition) is 0. The van der Waals surface area contributed by atoms with Gasteiger partial charge >= 0.3 is 0 Å². The molecule has 0 amide bonds. The first-order valence-corrected chi connectivity index (χ1v) is 6.76. The third-order valence-electron chi connectivity index (χ3n) is 4.26. The van der Waals surface area contributed by atoms with E-state index in [2.05, 4.69) is 22.0 Å². The van der Waals surface area contributed by atoms with Crippen molar-refractivity contribution in [2.24, 2.45) is 0 Å². The van der Waals surface area contributed by atoms with Crippen LogP contribution in [0.3, 0.4) is 0 Å². The summed E-state index contributed by atoms with van der Waals surface area (Å²) in [6.45, 7) is 2.53. The fraction of sp³-hybridized carbons (Fsp3) is 0.533. The number of pyridine rings is 1. The Morgan fingerprint density at radius 3 is 2.78 bits per heavy atom. The van der Waals surface area contributed by atoms with E-state index in [1.807, 2.05) is 12.3 Å². The summed E-state index contributed by atoms with van der Waals surface area (Å²) in [6, 6.07) is 2.04. The Balaban J connectivity index is 1.80. The van der Waals surface area contributed by atoms with Crippen molar-refractivity contribution in [3.8, 4) is 5.75 Å². The molecule has 0 radical (unpaired) electrons. The maximum absolute atomic E-state index is 5.20. The predicted octanol–water partition coefficient (Wildman–Crippen LogP) is 2.73. The van der Waals surface area contributed by atoms with Crippen molar-refractivity contribution in [2.45, 2.75) is 31.2 Å². The van der Waals surface area contributed by atoms with Crippen LogP contribution in [-0.4, -0.2) is 35.6 Å². The lowest BCUT2D eigenvalue weighted by atomic mass is 9.93. The standard InChI is InChI=1S/C15H20N2O/c1-18-14-10-13(11-16-12-14)4-7-15-5-2-8-17(15)9-3-6-15/h4,7,10-12H,2-3,5-6,8-9H2,1H3. The molecule has 3 heterocycles. The highest BCUT2D eigenvalue weighted by Gasteiger charge is 2.41. The molecule has 0 N–H and O–H groups in total. The van der Waals surface area contributed by atoms with Crippen LogP contribution in [0.2, 0.25) is 0 Å². The van der Waals surface area contributed by atoms with Crippen LogP contribution < -0.4 is 4.74 Å². The molecule has 18 heavy (non-hydrogen) atoms. The minimum atomic E-state index is 0.336. The first-order chi connectivity index (χ1) is 8.82. The SMILES string of the molecule is COc1cncc(C=CC23CCCN2CCC3)c1. The third kappa shape index (κ3) is 2.03. The highest BCUT2D eigenvalue weighted by Crippen LogP contribution is 2.40. The first kappa shape index (κ1) is 11.7. The van der Waals surface area contributed by atoms with Crippen molar-refractivity contribution in [2.75, 3.05) is 20.2 Å². The van der Waals surface area contributed by atoms with Gasteiger partial charge in [-0.1, -0.05) is 12.2 Å². The maximum Gasteiger partial charge on any atom is 0.137 e. The van der Waals surface area contributed by atoms with Crippen LogP contribution in [0.4, 0.5) is 0 Å². The number of hydrogen-bond acceptors (Lipinski definition) is 3. The van der Waals surface area contributed by atoms with Crippen LogP contribution in [0.25, 0.3) is 6.08 Å². The molecule has 1 aromatic rings. The number of aromatic nitrogens is 1. The second-order valence-electron chi connectivity index (χ2n) is 5.29. The van der Waals surface area contributed by atoms with Crippen molar-refractivity contribution >= 4 is 6.08 Å². The highest BCUT2D eigenvalue weighted by molar-refractivity contribution is 5.52. The molecule has 0 bridgehead atoms. The maximum atomic E-state index is 5.20. The first-order valence-electron chi connectivity index (χ1n) is 6.76. The minimum absolute atomic E-state index is 0.336. The zero-order valence-electron chi connectivity index (χ0n) is 10.9. The van der Waals surface area contributed by atoms with E-state index >= 15 is 0 Å². The van der Waals surface area contributed by atoms with E-state index in [9.17, 15) is 0 Å². The Labute approximate surface area is 108 Å². The molecule has 3 nitrogen and oxygen atoms in total. The highest BCUT2D eigenvalue weighted by atomic mass is 16.5. The molecule has 0 unspecified atom stereocenters. The van der Waals surface area contributed by atoms with Gasteiger partial charge in [-0.3, -0.25) is 9.88 Å². The van der Waals surface area contributed by atoms with Crippen molar-refractivity contribution in [1.82, 2.24) is 9.88 Å². The van der Waals surface area contributed by atoms with E-state index in [0.29, 0.717) is 5.54 Å². The summed E-state index contributed by atoms with van der Waals surface area (Å²) in [4.78, 5) is 6.83. The van der Waals surface area contributed by atoms with E-state index in [1.54, 1.807) is 13.3 Å². The molecule has 0 saturated carbocycles. The molecule has 96 valence electrons. The Hall–Kier alpha value is -1.35. The average molecular weight is 244 g/mol. The topological polar surface area (TPSA) is 25.4 Å². The zero-order valence-corrected chi connectivity index (χ0v) is 10.9. The Kier molecular flexibility index (Phi) is 3.08. The number of ether oxygens (including phenoxy) is 1. The monoisotopic (exact) mass is 244 g/mol. The summed E-state index contributed by atoms with van der Waals surface area (Å²) >= 11 is 0. The Bertz CT molecular complexity index is 446. The summed E-state index contributed by atoms with van der Waals surface area (Å²) in [7, 11) is 1.68. The van der Waals surface area contributed by atoms with Gasteiger partial charge < -0.3 is 4.74 Å². The third-order valence-corrected chi connectivity index (χ3v) is 4.26. The van der Waals surface area contributed by atoms with Crippen LogP contribution in [0.5, 0.6) is 5.75 Å². The summed E-state index contributed by atoms with van der Waals surface area (Å²) in [5.74, 6) is 0.823. The van der Waals surface area contributed by atoms with Crippen molar-refractivity contribution in [1.29, 1.82) is 0 Å². The molecule has 0 atom stereocenters. The summed E-state index contributed by atoms with van der Waals surface area (Å²) < 4.78 is 5.20. The van der Waals surface area contributed by atoms with E-state index < -0.39 is 0 Å². The Morgan fingerprint density at radius 1 is 1.28 bits per heavy atom. The molecule has 3 heteroatoms. The van der Waals surface area contributed by atoms with Gasteiger partial charge in [0.05, 0.1) is 13.3 Å².